The van der Waals surface area contributed by atoms with Gasteiger partial charge in [0.25, 0.3) is 5.91 Å². The summed E-state index contributed by atoms with van der Waals surface area (Å²) in [5.41, 5.74) is 4.05. The molecule has 2 heterocycles. The molecule has 0 aliphatic rings. The predicted molar refractivity (Wildman–Crippen MR) is 121 cm³/mol. The number of hydrogen-bond donors (Lipinski definition) is 1. The van der Waals surface area contributed by atoms with E-state index < -0.39 is 0 Å². The Morgan fingerprint density at radius 2 is 1.87 bits per heavy atom. The Kier molecular flexibility index (Phi) is 5.99. The highest BCUT2D eigenvalue weighted by Crippen LogP contribution is 2.22. The third kappa shape index (κ3) is 4.91. The molecule has 0 atom stereocenters. The Hall–Kier alpha value is -3.26. The molecule has 0 bridgehead atoms. The van der Waals surface area contributed by atoms with E-state index >= 15 is 0 Å². The Bertz CT molecular complexity index is 1250. The molecule has 0 aliphatic carbocycles. The van der Waals surface area contributed by atoms with Crippen LogP contribution in [0.15, 0.2) is 65.3 Å². The zero-order valence-corrected chi connectivity index (χ0v) is 18.7. The first-order chi connectivity index (χ1) is 14.9. The lowest BCUT2D eigenvalue weighted by atomic mass is 10.1. The standard InChI is InChI=1S/C23H21BrFN5O/c1-15-10-16(2)30(27-15)12-17-6-5-8-18(11-17)23(31)26-22-20(24)14-29(28-22)13-19-7-3-4-9-21(19)25/h3-11,14H,12-13H2,1-2H3,(H,26,28,31). The molecular weight excluding hydrogens is 461 g/mol. The first-order valence-corrected chi connectivity index (χ1v) is 10.6. The molecule has 0 saturated heterocycles. The molecule has 0 aliphatic heterocycles. The van der Waals surface area contributed by atoms with Gasteiger partial charge in [0.05, 0.1) is 23.3 Å². The minimum absolute atomic E-state index is 0.263. The highest BCUT2D eigenvalue weighted by molar-refractivity contribution is 9.10. The van der Waals surface area contributed by atoms with Crippen molar-refractivity contribution >= 4 is 27.7 Å². The molecular formula is C23H21BrFN5O. The molecule has 2 aromatic heterocycles. The van der Waals surface area contributed by atoms with Gasteiger partial charge in [-0.2, -0.15) is 10.2 Å². The van der Waals surface area contributed by atoms with Crippen molar-refractivity contribution in [2.24, 2.45) is 0 Å². The van der Waals surface area contributed by atoms with Gasteiger partial charge < -0.3 is 5.32 Å². The molecule has 2 aromatic carbocycles. The van der Waals surface area contributed by atoms with E-state index in [1.807, 2.05) is 42.8 Å². The Morgan fingerprint density at radius 1 is 1.06 bits per heavy atom. The maximum atomic E-state index is 13.9. The smallest absolute Gasteiger partial charge is 0.256 e. The van der Waals surface area contributed by atoms with E-state index in [2.05, 4.69) is 31.4 Å². The second kappa shape index (κ2) is 8.85. The van der Waals surface area contributed by atoms with Crippen molar-refractivity contribution in [1.29, 1.82) is 0 Å². The van der Waals surface area contributed by atoms with Gasteiger partial charge in [-0.25, -0.2) is 4.39 Å². The average Bonchev–Trinajstić information content (AvgIpc) is 3.24. The highest BCUT2D eigenvalue weighted by Gasteiger charge is 2.14. The number of nitrogens with one attached hydrogen (secondary N) is 1. The van der Waals surface area contributed by atoms with Crippen LogP contribution in [0, 0.1) is 19.7 Å². The Labute approximate surface area is 187 Å². The fourth-order valence-corrected chi connectivity index (χ4v) is 3.78. The van der Waals surface area contributed by atoms with Gasteiger partial charge in [-0.3, -0.25) is 14.2 Å². The van der Waals surface area contributed by atoms with E-state index in [0.717, 1.165) is 17.0 Å². The van der Waals surface area contributed by atoms with Crippen LogP contribution in [-0.4, -0.2) is 25.5 Å². The van der Waals surface area contributed by atoms with E-state index in [-0.39, 0.29) is 18.3 Å². The van der Waals surface area contributed by atoms with Crippen LogP contribution < -0.4 is 5.32 Å². The van der Waals surface area contributed by atoms with Crippen LogP contribution in [0.25, 0.3) is 0 Å². The lowest BCUT2D eigenvalue weighted by molar-refractivity contribution is 0.102. The van der Waals surface area contributed by atoms with Gasteiger partial charge in [-0.15, -0.1) is 0 Å². The number of nitrogens with zero attached hydrogens (tertiary/aromatic N) is 4. The zero-order chi connectivity index (χ0) is 22.0. The minimum Gasteiger partial charge on any atom is -0.304 e. The number of aryl methyl sites for hydroxylation is 2. The second-order valence-corrected chi connectivity index (χ2v) is 8.21. The van der Waals surface area contributed by atoms with Gasteiger partial charge in [-0.1, -0.05) is 30.3 Å². The predicted octanol–water partition coefficient (Wildman–Crippen LogP) is 4.95. The largest absolute Gasteiger partial charge is 0.304 e. The molecule has 158 valence electrons. The van der Waals surface area contributed by atoms with Crippen LogP contribution in [-0.2, 0) is 13.1 Å². The van der Waals surface area contributed by atoms with Gasteiger partial charge in [0.1, 0.15) is 5.82 Å². The summed E-state index contributed by atoms with van der Waals surface area (Å²) in [5.74, 6) is -0.184. The van der Waals surface area contributed by atoms with Gasteiger partial charge in [0.15, 0.2) is 5.82 Å². The molecule has 6 nitrogen and oxygen atoms in total. The lowest BCUT2D eigenvalue weighted by Crippen LogP contribution is -2.14. The first-order valence-electron chi connectivity index (χ1n) is 9.77. The van der Waals surface area contributed by atoms with Crippen molar-refractivity contribution in [3.8, 4) is 0 Å². The number of anilines is 1. The SMILES string of the molecule is Cc1cc(C)n(Cc2cccc(C(=O)Nc3nn(Cc4ccccc4F)cc3Br)c2)n1. The summed E-state index contributed by atoms with van der Waals surface area (Å²) < 4.78 is 18.0. The maximum Gasteiger partial charge on any atom is 0.256 e. The Balaban J connectivity index is 1.48. The average molecular weight is 482 g/mol. The summed E-state index contributed by atoms with van der Waals surface area (Å²) >= 11 is 3.42. The lowest BCUT2D eigenvalue weighted by Gasteiger charge is -2.08. The molecule has 0 unspecified atom stereocenters. The molecule has 31 heavy (non-hydrogen) atoms. The zero-order valence-electron chi connectivity index (χ0n) is 17.1. The van der Waals surface area contributed by atoms with Crippen molar-refractivity contribution < 1.29 is 9.18 Å². The van der Waals surface area contributed by atoms with Crippen LogP contribution in [0.4, 0.5) is 10.2 Å². The van der Waals surface area contributed by atoms with Gasteiger partial charge in [0.2, 0.25) is 0 Å². The van der Waals surface area contributed by atoms with Gasteiger partial charge in [0, 0.05) is 23.0 Å². The highest BCUT2D eigenvalue weighted by atomic mass is 79.9. The van der Waals surface area contributed by atoms with Crippen LogP contribution in [0.2, 0.25) is 0 Å². The van der Waals surface area contributed by atoms with Crippen LogP contribution >= 0.6 is 15.9 Å². The van der Waals surface area contributed by atoms with Crippen LogP contribution in [0.1, 0.15) is 32.9 Å². The van der Waals surface area contributed by atoms with Crippen molar-refractivity contribution in [3.05, 3.63) is 99.2 Å². The van der Waals surface area contributed by atoms with Crippen molar-refractivity contribution in [2.75, 3.05) is 5.32 Å². The fraction of sp³-hybridized carbons (Fsp3) is 0.174. The summed E-state index contributed by atoms with van der Waals surface area (Å²) in [6, 6.07) is 16.0. The monoisotopic (exact) mass is 481 g/mol. The molecule has 4 rings (SSSR count). The maximum absolute atomic E-state index is 13.9. The van der Waals surface area contributed by atoms with E-state index in [4.69, 9.17) is 0 Å². The third-order valence-electron chi connectivity index (χ3n) is 4.86. The summed E-state index contributed by atoms with van der Waals surface area (Å²) in [5, 5.41) is 11.7. The number of halogens is 2. The fourth-order valence-electron chi connectivity index (χ4n) is 3.36. The molecule has 0 fully saturated rings. The topological polar surface area (TPSA) is 64.7 Å². The van der Waals surface area contributed by atoms with Crippen molar-refractivity contribution in [2.45, 2.75) is 26.9 Å². The summed E-state index contributed by atoms with van der Waals surface area (Å²) in [6.07, 6.45) is 1.71. The molecule has 1 N–H and O–H groups in total. The second-order valence-electron chi connectivity index (χ2n) is 7.35. The number of benzene rings is 2. The van der Waals surface area contributed by atoms with Crippen molar-refractivity contribution in [3.63, 3.8) is 0 Å². The van der Waals surface area contributed by atoms with Gasteiger partial charge in [-0.05, 0) is 59.6 Å². The summed E-state index contributed by atoms with van der Waals surface area (Å²) in [7, 11) is 0. The van der Waals surface area contributed by atoms with Gasteiger partial charge >= 0.3 is 0 Å². The van der Waals surface area contributed by atoms with Crippen molar-refractivity contribution in [1.82, 2.24) is 19.6 Å². The number of carbonyl (C=O) groups is 1. The third-order valence-corrected chi connectivity index (χ3v) is 5.44. The summed E-state index contributed by atoms with van der Waals surface area (Å²) in [6.45, 7) is 4.81. The molecule has 0 saturated carbocycles. The Morgan fingerprint density at radius 3 is 2.61 bits per heavy atom. The van der Waals surface area contributed by atoms with E-state index in [1.54, 1.807) is 35.1 Å². The number of amides is 1. The number of aromatic nitrogens is 4. The van der Waals surface area contributed by atoms with Crippen LogP contribution in [0.3, 0.4) is 0 Å². The van der Waals surface area contributed by atoms with E-state index in [9.17, 15) is 9.18 Å². The molecule has 0 radical (unpaired) electrons. The number of hydrogen-bond acceptors (Lipinski definition) is 3. The quantitative estimate of drug-likeness (QED) is 0.423. The molecule has 8 heteroatoms. The molecule has 1 amide bonds. The molecule has 4 aromatic rings. The number of rotatable bonds is 6. The van der Waals surface area contributed by atoms with E-state index in [1.165, 1.54) is 6.07 Å². The summed E-state index contributed by atoms with van der Waals surface area (Å²) in [4.78, 5) is 12.8. The minimum atomic E-state index is -0.292. The number of carbonyl (C=O) groups excluding carboxylic acids is 1. The normalized spacial score (nSPS) is 11.0. The molecule has 0 spiro atoms. The van der Waals surface area contributed by atoms with E-state index in [0.29, 0.717) is 28.0 Å². The first kappa shape index (κ1) is 21.0. The van der Waals surface area contributed by atoms with Crippen LogP contribution in [0.5, 0.6) is 0 Å².